The van der Waals surface area contributed by atoms with Gasteiger partial charge in [0.2, 0.25) is 0 Å². The number of aromatic nitrogens is 1. The standard InChI is InChI=1S/C23H19ClN4O3/c1-26(2)16-9-11-17(12-10-16)27-13-3-4-19(27)14-20-21(29)25-23(31)28(22(20)30)18-7-5-15(24)6-8-18/h3-14H,1-2H3,(H,25,29,31)/b20-14+. The summed E-state index contributed by atoms with van der Waals surface area (Å²) in [7, 11) is 3.92. The topological polar surface area (TPSA) is 74.7 Å². The highest BCUT2D eigenvalue weighted by atomic mass is 35.5. The lowest BCUT2D eigenvalue weighted by atomic mass is 10.1. The first-order valence-electron chi connectivity index (χ1n) is 9.47. The quantitative estimate of drug-likeness (QED) is 0.499. The van der Waals surface area contributed by atoms with Crippen molar-refractivity contribution in [2.24, 2.45) is 0 Å². The van der Waals surface area contributed by atoms with Crippen molar-refractivity contribution in [3.8, 4) is 5.69 Å². The van der Waals surface area contributed by atoms with E-state index in [1.54, 1.807) is 30.3 Å². The predicted molar refractivity (Wildman–Crippen MR) is 121 cm³/mol. The van der Waals surface area contributed by atoms with E-state index in [4.69, 9.17) is 11.6 Å². The number of nitrogens with one attached hydrogen (secondary N) is 1. The van der Waals surface area contributed by atoms with Gasteiger partial charge in [0.05, 0.1) is 5.69 Å². The van der Waals surface area contributed by atoms with Crippen molar-refractivity contribution in [1.29, 1.82) is 0 Å². The fraction of sp³-hybridized carbons (Fsp3) is 0.0870. The van der Waals surface area contributed by atoms with Gasteiger partial charge in [0, 0.05) is 42.4 Å². The zero-order chi connectivity index (χ0) is 22.1. The molecule has 1 aromatic heterocycles. The molecule has 0 aliphatic carbocycles. The lowest BCUT2D eigenvalue weighted by molar-refractivity contribution is -0.122. The second-order valence-electron chi connectivity index (χ2n) is 7.15. The van der Waals surface area contributed by atoms with Crippen LogP contribution in [0.15, 0.2) is 72.4 Å². The van der Waals surface area contributed by atoms with Crippen LogP contribution >= 0.6 is 11.6 Å². The van der Waals surface area contributed by atoms with E-state index in [1.807, 2.05) is 60.1 Å². The molecule has 156 valence electrons. The Morgan fingerprint density at radius 1 is 0.903 bits per heavy atom. The molecule has 4 amide bonds. The molecule has 0 spiro atoms. The number of carbonyl (C=O) groups is 3. The average molecular weight is 435 g/mol. The molecule has 3 aromatic rings. The number of rotatable bonds is 4. The highest BCUT2D eigenvalue weighted by Crippen LogP contribution is 2.25. The molecule has 2 heterocycles. The number of carbonyl (C=O) groups excluding carboxylic acids is 3. The summed E-state index contributed by atoms with van der Waals surface area (Å²) in [4.78, 5) is 40.8. The lowest BCUT2D eigenvalue weighted by Crippen LogP contribution is -2.54. The van der Waals surface area contributed by atoms with Gasteiger partial charge in [-0.05, 0) is 66.7 Å². The second kappa shape index (κ2) is 8.12. The molecule has 0 saturated carbocycles. The highest BCUT2D eigenvalue weighted by Gasteiger charge is 2.37. The number of barbiturate groups is 1. The molecule has 0 radical (unpaired) electrons. The lowest BCUT2D eigenvalue weighted by Gasteiger charge is -2.26. The van der Waals surface area contributed by atoms with Gasteiger partial charge < -0.3 is 9.47 Å². The van der Waals surface area contributed by atoms with E-state index in [2.05, 4.69) is 5.32 Å². The van der Waals surface area contributed by atoms with Crippen molar-refractivity contribution in [1.82, 2.24) is 9.88 Å². The van der Waals surface area contributed by atoms with E-state index >= 15 is 0 Å². The summed E-state index contributed by atoms with van der Waals surface area (Å²) in [6.45, 7) is 0. The van der Waals surface area contributed by atoms with E-state index in [0.29, 0.717) is 16.4 Å². The molecule has 7 nitrogen and oxygen atoms in total. The van der Waals surface area contributed by atoms with Crippen molar-refractivity contribution < 1.29 is 14.4 Å². The molecule has 8 heteroatoms. The van der Waals surface area contributed by atoms with Gasteiger partial charge in [-0.2, -0.15) is 0 Å². The Balaban J connectivity index is 1.70. The minimum atomic E-state index is -0.802. The highest BCUT2D eigenvalue weighted by molar-refractivity contribution is 6.39. The average Bonchev–Trinajstić information content (AvgIpc) is 3.20. The van der Waals surface area contributed by atoms with Crippen molar-refractivity contribution in [2.45, 2.75) is 0 Å². The van der Waals surface area contributed by atoms with E-state index in [9.17, 15) is 14.4 Å². The van der Waals surface area contributed by atoms with Crippen LogP contribution in [0.4, 0.5) is 16.2 Å². The Morgan fingerprint density at radius 3 is 2.19 bits per heavy atom. The number of halogens is 1. The van der Waals surface area contributed by atoms with E-state index in [-0.39, 0.29) is 5.57 Å². The van der Waals surface area contributed by atoms with Gasteiger partial charge in [0.25, 0.3) is 11.8 Å². The maximum absolute atomic E-state index is 13.1. The smallest absolute Gasteiger partial charge is 0.335 e. The van der Waals surface area contributed by atoms with Crippen LogP contribution in [0.1, 0.15) is 5.69 Å². The van der Waals surface area contributed by atoms with Crippen LogP contribution in [0.25, 0.3) is 11.8 Å². The third-order valence-electron chi connectivity index (χ3n) is 4.90. The molecular weight excluding hydrogens is 416 g/mol. The van der Waals surface area contributed by atoms with Gasteiger partial charge in [-0.15, -0.1) is 0 Å². The van der Waals surface area contributed by atoms with E-state index in [0.717, 1.165) is 16.3 Å². The van der Waals surface area contributed by atoms with Crippen LogP contribution in [0, 0.1) is 0 Å². The minimum Gasteiger partial charge on any atom is -0.378 e. The van der Waals surface area contributed by atoms with Gasteiger partial charge >= 0.3 is 6.03 Å². The van der Waals surface area contributed by atoms with Crippen LogP contribution in [0.2, 0.25) is 5.02 Å². The maximum Gasteiger partial charge on any atom is 0.335 e. The molecule has 1 N–H and O–H groups in total. The van der Waals surface area contributed by atoms with E-state index < -0.39 is 17.8 Å². The minimum absolute atomic E-state index is 0.139. The van der Waals surface area contributed by atoms with Crippen LogP contribution < -0.4 is 15.1 Å². The van der Waals surface area contributed by atoms with Gasteiger partial charge in [0.15, 0.2) is 0 Å². The van der Waals surface area contributed by atoms with Crippen LogP contribution in [0.5, 0.6) is 0 Å². The summed E-state index contributed by atoms with van der Waals surface area (Å²) >= 11 is 5.90. The molecule has 1 fully saturated rings. The Kier molecular flexibility index (Phi) is 5.35. The number of nitrogens with zero attached hydrogens (tertiary/aromatic N) is 3. The Labute approximate surface area is 184 Å². The summed E-state index contributed by atoms with van der Waals surface area (Å²) in [6.07, 6.45) is 3.32. The first-order valence-corrected chi connectivity index (χ1v) is 9.85. The van der Waals surface area contributed by atoms with E-state index in [1.165, 1.54) is 6.08 Å². The third-order valence-corrected chi connectivity index (χ3v) is 5.16. The summed E-state index contributed by atoms with van der Waals surface area (Å²) in [5.74, 6) is -1.44. The largest absolute Gasteiger partial charge is 0.378 e. The first kappa shape index (κ1) is 20.4. The van der Waals surface area contributed by atoms with Crippen LogP contribution in [0.3, 0.4) is 0 Å². The number of imide groups is 2. The molecule has 0 bridgehead atoms. The Bertz CT molecular complexity index is 1190. The predicted octanol–water partition coefficient (Wildman–Crippen LogP) is 3.86. The summed E-state index contributed by atoms with van der Waals surface area (Å²) < 4.78 is 1.86. The fourth-order valence-corrected chi connectivity index (χ4v) is 3.41. The van der Waals surface area contributed by atoms with Gasteiger partial charge in [-0.25, -0.2) is 9.69 Å². The van der Waals surface area contributed by atoms with Crippen LogP contribution in [-0.4, -0.2) is 36.5 Å². The SMILES string of the molecule is CN(C)c1ccc(-n2cccc2/C=C2\C(=O)NC(=O)N(c3ccc(Cl)cc3)C2=O)cc1. The number of amides is 4. The molecule has 1 saturated heterocycles. The van der Waals surface area contributed by atoms with Gasteiger partial charge in [-0.1, -0.05) is 11.6 Å². The van der Waals surface area contributed by atoms with Crippen molar-refractivity contribution >= 4 is 46.9 Å². The normalized spacial score (nSPS) is 15.4. The molecule has 1 aliphatic rings. The number of urea groups is 1. The molecule has 4 rings (SSSR count). The van der Waals surface area contributed by atoms with Crippen molar-refractivity contribution in [3.63, 3.8) is 0 Å². The molecular formula is C23H19ClN4O3. The number of anilines is 2. The van der Waals surface area contributed by atoms with Crippen molar-refractivity contribution in [3.05, 3.63) is 83.2 Å². The monoisotopic (exact) mass is 434 g/mol. The zero-order valence-corrected chi connectivity index (χ0v) is 17.6. The molecule has 0 unspecified atom stereocenters. The Morgan fingerprint density at radius 2 is 1.55 bits per heavy atom. The van der Waals surface area contributed by atoms with Crippen molar-refractivity contribution in [2.75, 3.05) is 23.9 Å². The summed E-state index contributed by atoms with van der Waals surface area (Å²) in [5, 5.41) is 2.70. The Hall–Kier alpha value is -3.84. The fourth-order valence-electron chi connectivity index (χ4n) is 3.29. The molecule has 31 heavy (non-hydrogen) atoms. The molecule has 1 aliphatic heterocycles. The zero-order valence-electron chi connectivity index (χ0n) is 16.9. The molecule has 2 aromatic carbocycles. The van der Waals surface area contributed by atoms with Gasteiger partial charge in [-0.3, -0.25) is 14.9 Å². The molecule has 0 atom stereocenters. The number of hydrogen-bond donors (Lipinski definition) is 1. The maximum atomic E-state index is 13.1. The van der Waals surface area contributed by atoms with Crippen LogP contribution in [-0.2, 0) is 9.59 Å². The summed E-state index contributed by atoms with van der Waals surface area (Å²) in [6, 6.07) is 16.9. The number of hydrogen-bond acceptors (Lipinski definition) is 4. The third kappa shape index (κ3) is 3.95. The second-order valence-corrected chi connectivity index (χ2v) is 7.58. The summed E-state index contributed by atoms with van der Waals surface area (Å²) in [5.41, 5.74) is 2.73. The first-order chi connectivity index (χ1) is 14.8. The van der Waals surface area contributed by atoms with Gasteiger partial charge in [0.1, 0.15) is 5.57 Å². The number of benzene rings is 2.